The Morgan fingerprint density at radius 3 is 1.06 bits per heavy atom. The highest BCUT2D eigenvalue weighted by Gasteiger charge is 2.36. The molecule has 4 nitrogen and oxygen atoms in total. The summed E-state index contributed by atoms with van der Waals surface area (Å²) in [5.41, 5.74) is 0.825. The second kappa shape index (κ2) is 13.0. The van der Waals surface area contributed by atoms with E-state index in [-0.39, 0.29) is 44.8 Å². The normalized spacial score (nSPS) is 11.8. The third-order valence-corrected chi connectivity index (χ3v) is 8.11. The molecule has 0 amide bonds. The van der Waals surface area contributed by atoms with Gasteiger partial charge in [0, 0.05) is 23.5 Å². The first kappa shape index (κ1) is 32.4. The van der Waals surface area contributed by atoms with Gasteiger partial charge in [-0.15, -0.1) is 0 Å². The number of hydrogen-bond acceptors (Lipinski definition) is 4. The maximum Gasteiger partial charge on any atom is 0.417 e. The lowest BCUT2D eigenvalue weighted by Gasteiger charge is -2.22. The van der Waals surface area contributed by atoms with Gasteiger partial charge in [0.2, 0.25) is 0 Å². The van der Waals surface area contributed by atoms with E-state index in [4.69, 9.17) is 9.97 Å². The maximum absolute atomic E-state index is 14.6. The molecule has 0 aliphatic carbocycles. The molecule has 0 aliphatic heterocycles. The maximum atomic E-state index is 14.6. The molecule has 0 spiro atoms. The van der Waals surface area contributed by atoms with Gasteiger partial charge < -0.3 is 0 Å². The van der Waals surface area contributed by atoms with E-state index in [0.29, 0.717) is 22.8 Å². The highest BCUT2D eigenvalue weighted by Crippen LogP contribution is 2.47. The van der Waals surface area contributed by atoms with E-state index in [1.807, 2.05) is 0 Å². The van der Waals surface area contributed by atoms with Crippen LogP contribution < -0.4 is 0 Å². The van der Waals surface area contributed by atoms with Gasteiger partial charge in [-0.3, -0.25) is 9.97 Å². The zero-order chi connectivity index (χ0) is 34.9. The van der Waals surface area contributed by atoms with Gasteiger partial charge in [0.25, 0.3) is 0 Å². The van der Waals surface area contributed by atoms with Gasteiger partial charge in [0.1, 0.15) is 0 Å². The highest BCUT2D eigenvalue weighted by molar-refractivity contribution is 5.95. The Hall–Kier alpha value is -6.16. The van der Waals surface area contributed by atoms with Crippen LogP contribution in [0.15, 0.2) is 146 Å². The standard InChI is InChI=1S/C40H24F6N4/c41-39(42,43)31-13-3-1-11-25(31)27-23-30(34-18-10-20-38(50-34)36-16-6-8-22-48-36)28(26-12-2-4-14-32(26)40(44,45)46)24-29(27)33-17-9-19-37(49-33)35-15-5-7-21-47-35/h1-24H. The van der Waals surface area contributed by atoms with E-state index in [0.717, 1.165) is 12.1 Å². The summed E-state index contributed by atoms with van der Waals surface area (Å²) >= 11 is 0. The topological polar surface area (TPSA) is 51.6 Å². The summed E-state index contributed by atoms with van der Waals surface area (Å²) in [5, 5.41) is 0. The number of hydrogen-bond donors (Lipinski definition) is 0. The van der Waals surface area contributed by atoms with Crippen LogP contribution in [-0.4, -0.2) is 19.9 Å². The summed E-state index contributed by atoms with van der Waals surface area (Å²) < 4.78 is 87.5. The lowest BCUT2D eigenvalue weighted by molar-refractivity contribution is -0.137. The fraction of sp³-hybridized carbons (Fsp3) is 0.0500. The van der Waals surface area contributed by atoms with Gasteiger partial charge >= 0.3 is 12.4 Å². The molecule has 3 aromatic carbocycles. The monoisotopic (exact) mass is 674 g/mol. The summed E-state index contributed by atoms with van der Waals surface area (Å²) in [5.74, 6) is 0. The Kier molecular flexibility index (Phi) is 8.45. The molecule has 0 radical (unpaired) electrons. The van der Waals surface area contributed by atoms with Crippen molar-refractivity contribution in [3.63, 3.8) is 0 Å². The lowest BCUT2D eigenvalue weighted by Crippen LogP contribution is -2.09. The minimum absolute atomic E-state index is 0.108. The van der Waals surface area contributed by atoms with Gasteiger partial charge in [-0.2, -0.15) is 26.3 Å². The number of aromatic nitrogens is 4. The number of alkyl halides is 6. The Morgan fingerprint density at radius 2 is 0.680 bits per heavy atom. The SMILES string of the molecule is FC(F)(F)c1ccccc1-c1cc(-c2cccc(-c3ccccn3)n2)c(-c2ccccc2C(F)(F)F)cc1-c1cccc(-c2ccccn2)n1. The first-order chi connectivity index (χ1) is 24.1. The van der Waals surface area contributed by atoms with Crippen molar-refractivity contribution in [2.24, 2.45) is 0 Å². The van der Waals surface area contributed by atoms with Crippen LogP contribution in [0.2, 0.25) is 0 Å². The molecule has 0 fully saturated rings. The fourth-order valence-corrected chi connectivity index (χ4v) is 5.88. The molecule has 0 aliphatic rings. The zero-order valence-electron chi connectivity index (χ0n) is 25.9. The predicted octanol–water partition coefficient (Wildman–Crippen LogP) is 11.3. The number of halogens is 6. The van der Waals surface area contributed by atoms with Gasteiger partial charge in [-0.1, -0.05) is 60.7 Å². The quantitative estimate of drug-likeness (QED) is 0.165. The fourth-order valence-electron chi connectivity index (χ4n) is 5.88. The van der Waals surface area contributed by atoms with E-state index >= 15 is 0 Å². The van der Waals surface area contributed by atoms with Crippen LogP contribution in [0.3, 0.4) is 0 Å². The van der Waals surface area contributed by atoms with Crippen LogP contribution in [0, 0.1) is 0 Å². The molecule has 7 aromatic rings. The summed E-state index contributed by atoms with van der Waals surface area (Å²) in [6, 6.07) is 33.6. The number of nitrogens with zero attached hydrogens (tertiary/aromatic N) is 4. The minimum atomic E-state index is -4.74. The van der Waals surface area contributed by atoms with Crippen molar-refractivity contribution in [2.45, 2.75) is 12.4 Å². The van der Waals surface area contributed by atoms with Crippen molar-refractivity contribution in [3.8, 4) is 67.5 Å². The number of benzene rings is 3. The molecule has 7 rings (SSSR count). The van der Waals surface area contributed by atoms with E-state index in [2.05, 4.69) is 9.97 Å². The Bertz CT molecular complexity index is 2140. The molecule has 0 saturated heterocycles. The van der Waals surface area contributed by atoms with Crippen LogP contribution >= 0.6 is 0 Å². The molecule has 0 bridgehead atoms. The average Bonchev–Trinajstić information content (AvgIpc) is 3.14. The van der Waals surface area contributed by atoms with Gasteiger partial charge in [-0.25, -0.2) is 9.97 Å². The first-order valence-electron chi connectivity index (χ1n) is 15.4. The molecule has 0 unspecified atom stereocenters. The van der Waals surface area contributed by atoms with Crippen molar-refractivity contribution >= 4 is 0 Å². The van der Waals surface area contributed by atoms with Crippen LogP contribution in [0.5, 0.6) is 0 Å². The van der Waals surface area contributed by atoms with Crippen molar-refractivity contribution in [3.05, 3.63) is 157 Å². The Balaban J connectivity index is 1.59. The molecule has 50 heavy (non-hydrogen) atoms. The second-order valence-electron chi connectivity index (χ2n) is 11.3. The summed E-state index contributed by atoms with van der Waals surface area (Å²) in [6.45, 7) is 0. The highest BCUT2D eigenvalue weighted by atomic mass is 19.4. The van der Waals surface area contributed by atoms with Crippen LogP contribution in [0.1, 0.15) is 11.1 Å². The van der Waals surface area contributed by atoms with E-state index in [9.17, 15) is 26.3 Å². The van der Waals surface area contributed by atoms with E-state index in [1.54, 1.807) is 85.2 Å². The molecular formula is C40H24F6N4. The molecular weight excluding hydrogens is 650 g/mol. The predicted molar refractivity (Wildman–Crippen MR) is 180 cm³/mol. The lowest BCUT2D eigenvalue weighted by atomic mass is 9.85. The zero-order valence-corrected chi connectivity index (χ0v) is 25.9. The molecule has 0 atom stereocenters. The molecule has 10 heteroatoms. The summed E-state index contributed by atoms with van der Waals surface area (Å²) in [4.78, 5) is 18.2. The minimum Gasteiger partial charge on any atom is -0.255 e. The molecule has 4 heterocycles. The number of pyridine rings is 4. The third-order valence-electron chi connectivity index (χ3n) is 8.11. The second-order valence-corrected chi connectivity index (χ2v) is 11.3. The van der Waals surface area contributed by atoms with Crippen LogP contribution in [0.4, 0.5) is 26.3 Å². The van der Waals surface area contributed by atoms with Gasteiger partial charge in [-0.05, 0) is 95.1 Å². The van der Waals surface area contributed by atoms with Crippen molar-refractivity contribution in [2.75, 3.05) is 0 Å². The largest absolute Gasteiger partial charge is 0.417 e. The smallest absolute Gasteiger partial charge is 0.255 e. The summed E-state index contributed by atoms with van der Waals surface area (Å²) in [7, 11) is 0. The van der Waals surface area contributed by atoms with Crippen molar-refractivity contribution in [1.29, 1.82) is 0 Å². The van der Waals surface area contributed by atoms with Gasteiger partial charge in [0.05, 0.1) is 45.3 Å². The van der Waals surface area contributed by atoms with E-state index < -0.39 is 23.5 Å². The number of rotatable bonds is 6. The molecule has 4 aromatic heterocycles. The molecule has 0 saturated carbocycles. The van der Waals surface area contributed by atoms with Crippen LogP contribution in [0.25, 0.3) is 67.5 Å². The van der Waals surface area contributed by atoms with Crippen LogP contribution in [-0.2, 0) is 12.4 Å². The molecule has 0 N–H and O–H groups in total. The Labute approximate surface area is 282 Å². The van der Waals surface area contributed by atoms with E-state index in [1.165, 1.54) is 48.5 Å². The summed E-state index contributed by atoms with van der Waals surface area (Å²) in [6.07, 6.45) is -6.31. The van der Waals surface area contributed by atoms with Gasteiger partial charge in [0.15, 0.2) is 0 Å². The Morgan fingerprint density at radius 1 is 0.320 bits per heavy atom. The third kappa shape index (κ3) is 6.47. The average molecular weight is 675 g/mol. The van der Waals surface area contributed by atoms with Crippen molar-refractivity contribution in [1.82, 2.24) is 19.9 Å². The first-order valence-corrected chi connectivity index (χ1v) is 15.4. The molecule has 246 valence electrons. The van der Waals surface area contributed by atoms with Crippen molar-refractivity contribution < 1.29 is 26.3 Å².